The molecule has 4 unspecified atom stereocenters. The van der Waals surface area contributed by atoms with E-state index in [0.717, 1.165) is 63.1 Å². The lowest BCUT2D eigenvalue weighted by molar-refractivity contribution is -0.0155. The lowest BCUT2D eigenvalue weighted by atomic mass is 9.70. The van der Waals surface area contributed by atoms with E-state index in [2.05, 4.69) is 50.4 Å². The predicted molar refractivity (Wildman–Crippen MR) is 196 cm³/mol. The van der Waals surface area contributed by atoms with Crippen molar-refractivity contribution in [3.8, 4) is 11.5 Å². The summed E-state index contributed by atoms with van der Waals surface area (Å²) in [6.45, 7) is 6.05. The lowest BCUT2D eigenvalue weighted by Crippen LogP contribution is -2.58. The third kappa shape index (κ3) is 7.75. The standard InChI is InChI=1S/C41H50N4O5/c46-37-15-13-33(34-14-16-39(48)43-40(34)37)38(47)26-42-20-5-2-6-24-50-32-11-9-30(10-12-32)41(49)45-23-19-31(28-7-3-1-4-8-28)25-36(45)35-27-44-21-17-29(35)18-22-44/h1,3-4,7-16,29,31,35-36,38,42,46-47H,2,5-6,17-27H2,(H,43,48). The number of aromatic amines is 1. The van der Waals surface area contributed by atoms with Gasteiger partial charge in [-0.25, -0.2) is 0 Å². The number of hydrogen-bond donors (Lipinski definition) is 4. The van der Waals surface area contributed by atoms with Gasteiger partial charge in [-0.05, 0) is 130 Å². The van der Waals surface area contributed by atoms with Crippen LogP contribution in [-0.4, -0.2) is 82.8 Å². The molecule has 4 saturated heterocycles. The number of phenols is 1. The fourth-order valence-electron chi connectivity index (χ4n) is 8.61. The van der Waals surface area contributed by atoms with Crippen LogP contribution in [-0.2, 0) is 0 Å². The van der Waals surface area contributed by atoms with Crippen LogP contribution in [0, 0.1) is 11.8 Å². The lowest BCUT2D eigenvalue weighted by Gasteiger charge is -2.52. The molecule has 5 heterocycles. The minimum Gasteiger partial charge on any atom is -0.506 e. The number of rotatable bonds is 13. The number of carbonyl (C=O) groups is 1. The number of ether oxygens (including phenoxy) is 1. The quantitative estimate of drug-likeness (QED) is 0.131. The molecule has 0 saturated carbocycles. The van der Waals surface area contributed by atoms with E-state index in [1.165, 1.54) is 43.6 Å². The van der Waals surface area contributed by atoms with E-state index in [4.69, 9.17) is 4.74 Å². The molecule has 4 aromatic rings. The molecule has 0 radical (unpaired) electrons. The number of nitrogens with zero attached hydrogens (tertiary/aromatic N) is 2. The first-order valence-corrected chi connectivity index (χ1v) is 18.5. The van der Waals surface area contributed by atoms with Crippen molar-refractivity contribution in [1.29, 1.82) is 0 Å². The van der Waals surface area contributed by atoms with Gasteiger partial charge in [0.2, 0.25) is 5.56 Å². The Balaban J connectivity index is 0.861. The highest BCUT2D eigenvalue weighted by atomic mass is 16.5. The van der Waals surface area contributed by atoms with E-state index >= 15 is 0 Å². The molecule has 4 aliphatic rings. The van der Waals surface area contributed by atoms with E-state index in [1.54, 1.807) is 12.1 Å². The molecule has 264 valence electrons. The van der Waals surface area contributed by atoms with Gasteiger partial charge in [0.15, 0.2) is 0 Å². The summed E-state index contributed by atoms with van der Waals surface area (Å²) in [6.07, 6.45) is 6.61. The van der Waals surface area contributed by atoms with Crippen molar-refractivity contribution in [3.05, 3.63) is 106 Å². The molecule has 0 aliphatic carbocycles. The first-order valence-electron chi connectivity index (χ1n) is 18.5. The topological polar surface area (TPSA) is 118 Å². The number of piperidine rings is 4. The molecule has 4 N–H and O–H groups in total. The van der Waals surface area contributed by atoms with E-state index < -0.39 is 6.10 Å². The Bertz CT molecular complexity index is 1790. The second-order valence-corrected chi connectivity index (χ2v) is 14.4. The number of likely N-dealkylation sites (tertiary alicyclic amines) is 1. The van der Waals surface area contributed by atoms with Gasteiger partial charge >= 0.3 is 0 Å². The number of benzene rings is 3. The zero-order valence-electron chi connectivity index (χ0n) is 28.8. The maximum Gasteiger partial charge on any atom is 0.254 e. The average Bonchev–Trinajstić information content (AvgIpc) is 3.16. The molecule has 0 spiro atoms. The summed E-state index contributed by atoms with van der Waals surface area (Å²) >= 11 is 0. The van der Waals surface area contributed by atoms with Crippen LogP contribution in [0.1, 0.15) is 78.5 Å². The molecule has 3 aromatic carbocycles. The fourth-order valence-corrected chi connectivity index (χ4v) is 8.61. The van der Waals surface area contributed by atoms with Crippen LogP contribution in [0.25, 0.3) is 10.9 Å². The fraction of sp³-hybridized carbons (Fsp3) is 0.463. The van der Waals surface area contributed by atoms with Crippen LogP contribution < -0.4 is 15.6 Å². The van der Waals surface area contributed by atoms with Gasteiger partial charge in [-0.15, -0.1) is 0 Å². The van der Waals surface area contributed by atoms with Crippen molar-refractivity contribution < 1.29 is 19.7 Å². The van der Waals surface area contributed by atoms with Gasteiger partial charge in [0.1, 0.15) is 11.5 Å². The third-order valence-electron chi connectivity index (χ3n) is 11.3. The summed E-state index contributed by atoms with van der Waals surface area (Å²) in [6, 6.07) is 25.1. The highest BCUT2D eigenvalue weighted by molar-refractivity contribution is 5.94. The first-order chi connectivity index (χ1) is 24.4. The number of aliphatic hydroxyl groups excluding tert-OH is 1. The van der Waals surface area contributed by atoms with Crippen LogP contribution in [0.4, 0.5) is 0 Å². The number of aromatic nitrogens is 1. The number of carbonyl (C=O) groups excluding carboxylic acids is 1. The molecule has 9 heteroatoms. The summed E-state index contributed by atoms with van der Waals surface area (Å²) in [5, 5.41) is 24.8. The maximum absolute atomic E-state index is 14.0. The Kier molecular flexibility index (Phi) is 10.8. The molecule has 4 aliphatic heterocycles. The SMILES string of the molecule is O=C(c1ccc(OCCCCCNCC(O)c2ccc(O)c3[nH]c(=O)ccc23)cc1)N1CCC(c2ccccc2)CC1C1CN2CCC1CC2. The molecule has 1 amide bonds. The number of H-pyrrole nitrogens is 1. The molecular weight excluding hydrogens is 628 g/mol. The normalized spacial score (nSPS) is 23.9. The Morgan fingerprint density at radius 3 is 2.48 bits per heavy atom. The molecule has 50 heavy (non-hydrogen) atoms. The summed E-state index contributed by atoms with van der Waals surface area (Å²) < 4.78 is 6.02. The van der Waals surface area contributed by atoms with Crippen molar-refractivity contribution >= 4 is 16.8 Å². The third-order valence-corrected chi connectivity index (χ3v) is 11.3. The minimum absolute atomic E-state index is 0.0174. The van der Waals surface area contributed by atoms with Gasteiger partial charge in [-0.2, -0.15) is 0 Å². The number of phenolic OH excluding ortho intramolecular Hbond substituents is 1. The van der Waals surface area contributed by atoms with Gasteiger partial charge < -0.3 is 35.1 Å². The van der Waals surface area contributed by atoms with Gasteiger partial charge in [-0.1, -0.05) is 36.4 Å². The number of pyridine rings is 1. The summed E-state index contributed by atoms with van der Waals surface area (Å²) in [5.41, 5.74) is 2.84. The molecular formula is C41H50N4O5. The zero-order chi connectivity index (χ0) is 34.5. The molecule has 4 atom stereocenters. The monoisotopic (exact) mass is 678 g/mol. The van der Waals surface area contributed by atoms with E-state index in [1.807, 2.05) is 24.3 Å². The summed E-state index contributed by atoms with van der Waals surface area (Å²) in [5.74, 6) is 2.67. The second kappa shape index (κ2) is 15.8. The number of aromatic hydroxyl groups is 1. The smallest absolute Gasteiger partial charge is 0.254 e. The van der Waals surface area contributed by atoms with Crippen molar-refractivity contribution in [2.75, 3.05) is 45.9 Å². The predicted octanol–water partition coefficient (Wildman–Crippen LogP) is 5.84. The maximum atomic E-state index is 14.0. The number of nitrogens with one attached hydrogen (secondary N) is 2. The minimum atomic E-state index is -0.769. The van der Waals surface area contributed by atoms with E-state index in [-0.39, 0.29) is 23.3 Å². The van der Waals surface area contributed by atoms with Gasteiger partial charge in [-0.3, -0.25) is 9.59 Å². The van der Waals surface area contributed by atoms with Gasteiger partial charge in [0.05, 0.1) is 18.2 Å². The van der Waals surface area contributed by atoms with E-state index in [9.17, 15) is 19.8 Å². The first kappa shape index (κ1) is 34.3. The van der Waals surface area contributed by atoms with Crippen molar-refractivity contribution in [1.82, 2.24) is 20.1 Å². The van der Waals surface area contributed by atoms with Crippen molar-refractivity contribution in [3.63, 3.8) is 0 Å². The van der Waals surface area contributed by atoms with Crippen LogP contribution in [0.15, 0.2) is 83.7 Å². The Hall–Kier alpha value is -4.18. The van der Waals surface area contributed by atoms with Gasteiger partial charge in [0.25, 0.3) is 5.91 Å². The van der Waals surface area contributed by atoms with Crippen LogP contribution >= 0.6 is 0 Å². The molecule has 9 nitrogen and oxygen atoms in total. The average molecular weight is 679 g/mol. The second-order valence-electron chi connectivity index (χ2n) is 14.4. The van der Waals surface area contributed by atoms with Crippen molar-refractivity contribution in [2.45, 2.75) is 63.0 Å². The van der Waals surface area contributed by atoms with Crippen LogP contribution in [0.3, 0.4) is 0 Å². The summed E-state index contributed by atoms with van der Waals surface area (Å²) in [4.78, 5) is 33.2. The number of fused-ring (bicyclic) bond motifs is 4. The number of amides is 1. The van der Waals surface area contributed by atoms with Crippen LogP contribution in [0.2, 0.25) is 0 Å². The number of unbranched alkanes of at least 4 members (excludes halogenated alkanes) is 2. The highest BCUT2D eigenvalue weighted by Gasteiger charge is 2.44. The number of hydrogen-bond acceptors (Lipinski definition) is 7. The highest BCUT2D eigenvalue weighted by Crippen LogP contribution is 2.42. The molecule has 1 aromatic heterocycles. The molecule has 4 fully saturated rings. The Morgan fingerprint density at radius 2 is 1.72 bits per heavy atom. The largest absolute Gasteiger partial charge is 0.506 e. The van der Waals surface area contributed by atoms with E-state index in [0.29, 0.717) is 47.4 Å². The van der Waals surface area contributed by atoms with Gasteiger partial charge in [0, 0.05) is 42.7 Å². The Morgan fingerprint density at radius 1 is 0.920 bits per heavy atom. The molecule has 2 bridgehead atoms. The molecule has 8 rings (SSSR count). The van der Waals surface area contributed by atoms with Crippen molar-refractivity contribution in [2.24, 2.45) is 11.8 Å². The summed E-state index contributed by atoms with van der Waals surface area (Å²) in [7, 11) is 0. The number of aliphatic hydroxyl groups is 1. The Labute approximate surface area is 294 Å². The zero-order valence-corrected chi connectivity index (χ0v) is 28.8. The van der Waals surface area contributed by atoms with Crippen LogP contribution in [0.5, 0.6) is 11.5 Å².